The number of unbranched alkanes of at least 4 members (excludes halogenated alkanes) is 1. The van der Waals surface area contributed by atoms with Crippen molar-refractivity contribution in [3.05, 3.63) is 23.0 Å². The number of carbonyl (C=O) groups is 2. The average Bonchev–Trinajstić information content (AvgIpc) is 2.93. The molecule has 0 atom stereocenters. The van der Waals surface area contributed by atoms with Gasteiger partial charge in [0.1, 0.15) is 0 Å². The topological polar surface area (TPSA) is 94.8 Å². The molecule has 0 saturated heterocycles. The highest BCUT2D eigenvalue weighted by atomic mass is 32.2. The molecule has 0 bridgehead atoms. The van der Waals surface area contributed by atoms with Gasteiger partial charge in [-0.2, -0.15) is 4.99 Å². The lowest BCUT2D eigenvalue weighted by atomic mass is 10.2. The molecule has 0 aliphatic rings. The Morgan fingerprint density at radius 2 is 1.96 bits per heavy atom. The van der Waals surface area contributed by atoms with Gasteiger partial charge in [-0.3, -0.25) is 9.59 Å². The van der Waals surface area contributed by atoms with Gasteiger partial charge in [-0.1, -0.05) is 24.7 Å². The first-order chi connectivity index (χ1) is 12.8. The van der Waals surface area contributed by atoms with E-state index in [0.717, 1.165) is 24.6 Å². The van der Waals surface area contributed by atoms with Crippen molar-refractivity contribution >= 4 is 43.3 Å². The number of ether oxygens (including phenoxy) is 1. The fourth-order valence-corrected chi connectivity index (χ4v) is 4.35. The van der Waals surface area contributed by atoms with Gasteiger partial charge in [0, 0.05) is 19.2 Å². The summed E-state index contributed by atoms with van der Waals surface area (Å²) < 4.78 is 31.1. The molecule has 9 heteroatoms. The number of fused-ring (bicyclic) bond motifs is 1. The van der Waals surface area contributed by atoms with E-state index in [-0.39, 0.29) is 23.2 Å². The molecule has 148 valence electrons. The number of esters is 1. The summed E-state index contributed by atoms with van der Waals surface area (Å²) in [4.78, 5) is 28.7. The van der Waals surface area contributed by atoms with E-state index in [1.807, 2.05) is 6.92 Å². The normalized spacial score (nSPS) is 12.5. The van der Waals surface area contributed by atoms with Gasteiger partial charge in [0.25, 0.3) is 0 Å². The quantitative estimate of drug-likeness (QED) is 0.621. The van der Waals surface area contributed by atoms with Gasteiger partial charge in [0.2, 0.25) is 5.91 Å². The van der Waals surface area contributed by atoms with Crippen LogP contribution in [0.3, 0.4) is 0 Å². The second-order valence-electron chi connectivity index (χ2n) is 6.10. The van der Waals surface area contributed by atoms with E-state index >= 15 is 0 Å². The summed E-state index contributed by atoms with van der Waals surface area (Å²) in [6.45, 7) is 4.35. The average molecular weight is 413 g/mol. The molecule has 1 aromatic heterocycles. The molecule has 27 heavy (non-hydrogen) atoms. The van der Waals surface area contributed by atoms with Crippen molar-refractivity contribution < 1.29 is 22.7 Å². The zero-order chi connectivity index (χ0) is 20.0. The van der Waals surface area contributed by atoms with Crippen molar-refractivity contribution in [2.24, 2.45) is 4.99 Å². The summed E-state index contributed by atoms with van der Waals surface area (Å²) in [7, 11) is -3.34. The van der Waals surface area contributed by atoms with Crippen molar-refractivity contribution in [1.82, 2.24) is 4.57 Å². The van der Waals surface area contributed by atoms with Crippen LogP contribution in [-0.4, -0.2) is 37.7 Å². The van der Waals surface area contributed by atoms with Crippen LogP contribution in [0.4, 0.5) is 0 Å². The zero-order valence-electron chi connectivity index (χ0n) is 15.7. The molecule has 7 nitrogen and oxygen atoms in total. The van der Waals surface area contributed by atoms with Crippen molar-refractivity contribution in [1.29, 1.82) is 0 Å². The van der Waals surface area contributed by atoms with E-state index in [1.165, 1.54) is 17.4 Å². The standard InChI is InChI=1S/C18H24N2O5S2/c1-4-6-7-16(21)19-18-20(11-10-17(22)25-5-2)14-9-8-13(27(3,23)24)12-15(14)26-18/h8-9,12H,4-7,10-11H2,1-3H3. The Hall–Kier alpha value is -2.00. The maximum absolute atomic E-state index is 12.1. The van der Waals surface area contributed by atoms with Crippen LogP contribution in [0.25, 0.3) is 10.2 Å². The van der Waals surface area contributed by atoms with Gasteiger partial charge in [0.15, 0.2) is 14.6 Å². The molecule has 0 radical (unpaired) electrons. The SMILES string of the molecule is CCCCC(=O)N=c1sc2cc(S(C)(=O)=O)ccc2n1CCC(=O)OCC. The molecule has 0 N–H and O–H groups in total. The second-order valence-corrected chi connectivity index (χ2v) is 9.13. The van der Waals surface area contributed by atoms with Crippen LogP contribution in [0.5, 0.6) is 0 Å². The third-order valence-corrected chi connectivity index (χ3v) is 6.04. The van der Waals surface area contributed by atoms with Gasteiger partial charge in [-0.05, 0) is 31.5 Å². The lowest BCUT2D eigenvalue weighted by Crippen LogP contribution is -2.19. The summed E-state index contributed by atoms with van der Waals surface area (Å²) >= 11 is 1.24. The Morgan fingerprint density at radius 3 is 2.59 bits per heavy atom. The number of carbonyl (C=O) groups excluding carboxylic acids is 2. The zero-order valence-corrected chi connectivity index (χ0v) is 17.4. The van der Waals surface area contributed by atoms with E-state index in [4.69, 9.17) is 4.74 Å². The lowest BCUT2D eigenvalue weighted by Gasteiger charge is -2.06. The minimum atomic E-state index is -3.34. The fourth-order valence-electron chi connectivity index (χ4n) is 2.51. The maximum atomic E-state index is 12.1. The summed E-state index contributed by atoms with van der Waals surface area (Å²) in [5, 5.41) is 0. The van der Waals surface area contributed by atoms with Crippen molar-refractivity contribution in [2.45, 2.75) is 51.0 Å². The Bertz CT molecular complexity index is 1000. The van der Waals surface area contributed by atoms with Crippen molar-refractivity contribution in [3.63, 3.8) is 0 Å². The number of hydrogen-bond donors (Lipinski definition) is 0. The highest BCUT2D eigenvalue weighted by molar-refractivity contribution is 7.90. The van der Waals surface area contributed by atoms with Crippen molar-refractivity contribution in [3.8, 4) is 0 Å². The molecule has 0 unspecified atom stereocenters. The monoisotopic (exact) mass is 412 g/mol. The predicted molar refractivity (Wildman–Crippen MR) is 104 cm³/mol. The molecule has 1 amide bonds. The third-order valence-electron chi connectivity index (χ3n) is 3.89. The minimum absolute atomic E-state index is 0.143. The minimum Gasteiger partial charge on any atom is -0.466 e. The van der Waals surface area contributed by atoms with E-state index in [0.29, 0.717) is 29.1 Å². The summed E-state index contributed by atoms with van der Waals surface area (Å²) in [6, 6.07) is 4.78. The molecule has 2 aromatic rings. The van der Waals surface area contributed by atoms with E-state index in [1.54, 1.807) is 23.6 Å². The lowest BCUT2D eigenvalue weighted by molar-refractivity contribution is -0.143. The number of rotatable bonds is 8. The molecule has 0 aliphatic carbocycles. The second kappa shape index (κ2) is 9.27. The number of nitrogens with zero attached hydrogens (tertiary/aromatic N) is 2. The highest BCUT2D eigenvalue weighted by Crippen LogP contribution is 2.22. The van der Waals surface area contributed by atoms with Crippen LogP contribution in [0.1, 0.15) is 39.5 Å². The number of hydrogen-bond acceptors (Lipinski definition) is 6. The molecular formula is C18H24N2O5S2. The summed E-state index contributed by atoms with van der Waals surface area (Å²) in [6.07, 6.45) is 3.31. The number of amides is 1. The van der Waals surface area contributed by atoms with Crippen LogP contribution < -0.4 is 4.80 Å². The number of aromatic nitrogens is 1. The first-order valence-corrected chi connectivity index (χ1v) is 11.5. The van der Waals surface area contributed by atoms with E-state index < -0.39 is 9.84 Å². The first-order valence-electron chi connectivity index (χ1n) is 8.83. The van der Waals surface area contributed by atoms with Crippen LogP contribution >= 0.6 is 11.3 Å². The maximum Gasteiger partial charge on any atom is 0.307 e. The van der Waals surface area contributed by atoms with Gasteiger partial charge < -0.3 is 9.30 Å². The van der Waals surface area contributed by atoms with Gasteiger partial charge in [-0.15, -0.1) is 0 Å². The Morgan fingerprint density at radius 1 is 1.22 bits per heavy atom. The molecule has 0 saturated carbocycles. The number of thiazole rings is 1. The smallest absolute Gasteiger partial charge is 0.307 e. The summed E-state index contributed by atoms with van der Waals surface area (Å²) in [5.74, 6) is -0.558. The Kier molecular flexibility index (Phi) is 7.32. The van der Waals surface area contributed by atoms with Crippen molar-refractivity contribution in [2.75, 3.05) is 12.9 Å². The Labute approximate surface area is 162 Å². The van der Waals surface area contributed by atoms with Gasteiger partial charge in [-0.25, -0.2) is 8.42 Å². The molecule has 1 heterocycles. The van der Waals surface area contributed by atoms with Crippen LogP contribution in [0, 0.1) is 0 Å². The predicted octanol–water partition coefficient (Wildman–Crippen LogP) is 2.68. The van der Waals surface area contributed by atoms with Crippen LogP contribution in [-0.2, 0) is 30.7 Å². The molecule has 0 aliphatic heterocycles. The first kappa shape index (κ1) is 21.3. The van der Waals surface area contributed by atoms with Gasteiger partial charge >= 0.3 is 5.97 Å². The van der Waals surface area contributed by atoms with Crippen LogP contribution in [0.2, 0.25) is 0 Å². The van der Waals surface area contributed by atoms with Gasteiger partial charge in [0.05, 0.1) is 28.1 Å². The molecule has 1 aromatic carbocycles. The fraction of sp³-hybridized carbons (Fsp3) is 0.500. The summed E-state index contributed by atoms with van der Waals surface area (Å²) in [5.41, 5.74) is 0.735. The third kappa shape index (κ3) is 5.74. The molecule has 2 rings (SSSR count). The van der Waals surface area contributed by atoms with E-state index in [2.05, 4.69) is 4.99 Å². The number of aryl methyl sites for hydroxylation is 1. The van der Waals surface area contributed by atoms with Crippen LogP contribution in [0.15, 0.2) is 28.1 Å². The molecule has 0 spiro atoms. The molecule has 0 fully saturated rings. The highest BCUT2D eigenvalue weighted by Gasteiger charge is 2.14. The Balaban J connectivity index is 2.50. The van der Waals surface area contributed by atoms with E-state index in [9.17, 15) is 18.0 Å². The molecular weight excluding hydrogens is 388 g/mol. The number of sulfone groups is 1. The number of benzene rings is 1. The largest absolute Gasteiger partial charge is 0.466 e.